The Labute approximate surface area is 140 Å². The molecule has 1 aromatic carbocycles. The van der Waals surface area contributed by atoms with Crippen LogP contribution in [0.3, 0.4) is 0 Å². The second-order valence-corrected chi connectivity index (χ2v) is 7.16. The number of carbonyl (C=O) groups excluding carboxylic acids is 1. The number of anilines is 1. The Morgan fingerprint density at radius 2 is 2.05 bits per heavy atom. The highest BCUT2D eigenvalue weighted by atomic mass is 35.5. The third-order valence-electron chi connectivity index (χ3n) is 3.75. The standard InChI is InChI=1S/C16H11ClN2OS2/c17-11-3-1-9(2-4-11)14-15-16(22-19-14)12(7-13(20)18-15)10-5-6-21-8-10/h1-6,8,12H,7H2,(H,18,20)/t12-/m0/s1. The zero-order chi connectivity index (χ0) is 15.1. The van der Waals surface area contributed by atoms with Crippen molar-refractivity contribution >= 4 is 46.1 Å². The first kappa shape index (κ1) is 13.9. The van der Waals surface area contributed by atoms with E-state index < -0.39 is 0 Å². The molecule has 110 valence electrons. The monoisotopic (exact) mass is 346 g/mol. The van der Waals surface area contributed by atoms with Gasteiger partial charge in [-0.3, -0.25) is 4.79 Å². The van der Waals surface area contributed by atoms with Crippen LogP contribution in [0.4, 0.5) is 5.69 Å². The van der Waals surface area contributed by atoms with E-state index in [1.54, 1.807) is 11.3 Å². The predicted octanol–water partition coefficient (Wildman–Crippen LogP) is 5.00. The van der Waals surface area contributed by atoms with Crippen LogP contribution in [0.15, 0.2) is 41.1 Å². The number of hydrogen-bond acceptors (Lipinski definition) is 4. The highest BCUT2D eigenvalue weighted by Gasteiger charge is 2.31. The van der Waals surface area contributed by atoms with Crippen molar-refractivity contribution < 1.29 is 4.79 Å². The molecule has 0 saturated heterocycles. The summed E-state index contributed by atoms with van der Waals surface area (Å²) >= 11 is 9.06. The van der Waals surface area contributed by atoms with Gasteiger partial charge < -0.3 is 5.32 Å². The van der Waals surface area contributed by atoms with Gasteiger partial charge in [-0.25, -0.2) is 0 Å². The molecule has 0 spiro atoms. The minimum absolute atomic E-state index is 0.0408. The van der Waals surface area contributed by atoms with E-state index in [4.69, 9.17) is 11.6 Å². The average Bonchev–Trinajstić information content (AvgIpc) is 3.16. The number of nitrogens with zero attached hydrogens (tertiary/aromatic N) is 1. The van der Waals surface area contributed by atoms with Crippen LogP contribution in [0, 0.1) is 0 Å². The van der Waals surface area contributed by atoms with Gasteiger partial charge in [0.05, 0.1) is 10.6 Å². The van der Waals surface area contributed by atoms with E-state index in [2.05, 4.69) is 21.1 Å². The lowest BCUT2D eigenvalue weighted by atomic mass is 9.91. The zero-order valence-corrected chi connectivity index (χ0v) is 13.8. The van der Waals surface area contributed by atoms with E-state index in [0.29, 0.717) is 11.4 Å². The van der Waals surface area contributed by atoms with Crippen molar-refractivity contribution in [2.75, 3.05) is 5.32 Å². The Kier molecular flexibility index (Phi) is 3.48. The summed E-state index contributed by atoms with van der Waals surface area (Å²) in [5.74, 6) is 0.146. The third kappa shape index (κ3) is 2.35. The first-order valence-electron chi connectivity index (χ1n) is 6.80. The lowest BCUT2D eigenvalue weighted by molar-refractivity contribution is -0.116. The smallest absolute Gasteiger partial charge is 0.225 e. The van der Waals surface area contributed by atoms with Gasteiger partial charge in [0, 0.05) is 22.9 Å². The number of rotatable bonds is 2. The van der Waals surface area contributed by atoms with Crippen molar-refractivity contribution in [3.8, 4) is 11.3 Å². The molecule has 3 nitrogen and oxygen atoms in total. The van der Waals surface area contributed by atoms with Crippen LogP contribution in [0.1, 0.15) is 22.8 Å². The Balaban J connectivity index is 1.82. The Morgan fingerprint density at radius 3 is 2.77 bits per heavy atom. The molecule has 6 heteroatoms. The zero-order valence-electron chi connectivity index (χ0n) is 11.4. The minimum atomic E-state index is 0.0408. The summed E-state index contributed by atoms with van der Waals surface area (Å²) in [6, 6.07) is 9.61. The summed E-state index contributed by atoms with van der Waals surface area (Å²) in [5.41, 5.74) is 3.82. The number of thiophene rings is 1. The molecule has 4 rings (SSSR count). The topological polar surface area (TPSA) is 42.0 Å². The average molecular weight is 347 g/mol. The molecule has 0 unspecified atom stereocenters. The van der Waals surface area contributed by atoms with Crippen molar-refractivity contribution in [3.05, 3.63) is 56.6 Å². The number of amides is 1. The summed E-state index contributed by atoms with van der Waals surface area (Å²) in [5, 5.41) is 7.83. The lowest BCUT2D eigenvalue weighted by Crippen LogP contribution is -2.22. The number of halogens is 1. The van der Waals surface area contributed by atoms with Crippen LogP contribution < -0.4 is 5.32 Å². The van der Waals surface area contributed by atoms with Gasteiger partial charge in [-0.05, 0) is 46.1 Å². The van der Waals surface area contributed by atoms with Crippen LogP contribution in [0.2, 0.25) is 5.02 Å². The van der Waals surface area contributed by atoms with Crippen LogP contribution in [-0.4, -0.2) is 10.3 Å². The first-order chi connectivity index (χ1) is 10.7. The Bertz CT molecular complexity index is 824. The van der Waals surface area contributed by atoms with Gasteiger partial charge in [-0.1, -0.05) is 23.7 Å². The normalized spacial score (nSPS) is 17.1. The molecule has 1 aliphatic heterocycles. The SMILES string of the molecule is O=C1C[C@@H](c2ccsc2)c2snc(-c3ccc(Cl)cc3)c2N1. The number of fused-ring (bicyclic) bond motifs is 1. The summed E-state index contributed by atoms with van der Waals surface area (Å²) in [4.78, 5) is 13.2. The fraction of sp³-hybridized carbons (Fsp3) is 0.125. The molecule has 0 saturated carbocycles. The van der Waals surface area contributed by atoms with E-state index in [1.807, 2.05) is 29.6 Å². The quantitative estimate of drug-likeness (QED) is 0.709. The van der Waals surface area contributed by atoms with Crippen molar-refractivity contribution in [2.45, 2.75) is 12.3 Å². The molecule has 0 radical (unpaired) electrons. The molecule has 3 aromatic rings. The molecule has 3 heterocycles. The Hall–Kier alpha value is -1.69. The van der Waals surface area contributed by atoms with Gasteiger partial charge >= 0.3 is 0 Å². The summed E-state index contributed by atoms with van der Waals surface area (Å²) in [7, 11) is 0. The van der Waals surface area contributed by atoms with Crippen LogP contribution >= 0.6 is 34.5 Å². The van der Waals surface area contributed by atoms with Gasteiger partial charge in [0.1, 0.15) is 5.69 Å². The van der Waals surface area contributed by atoms with Crippen LogP contribution in [-0.2, 0) is 4.79 Å². The maximum atomic E-state index is 12.1. The maximum absolute atomic E-state index is 12.1. The van der Waals surface area contributed by atoms with E-state index in [9.17, 15) is 4.79 Å². The minimum Gasteiger partial charge on any atom is -0.323 e. The van der Waals surface area contributed by atoms with Crippen molar-refractivity contribution in [1.29, 1.82) is 0 Å². The van der Waals surface area contributed by atoms with E-state index in [0.717, 1.165) is 21.8 Å². The number of benzene rings is 1. The van der Waals surface area contributed by atoms with Gasteiger partial charge in [-0.2, -0.15) is 15.7 Å². The molecule has 0 aliphatic carbocycles. The molecular weight excluding hydrogens is 336 g/mol. The second kappa shape index (κ2) is 5.50. The molecule has 0 bridgehead atoms. The third-order valence-corrected chi connectivity index (χ3v) is 5.66. The van der Waals surface area contributed by atoms with Crippen molar-refractivity contribution in [3.63, 3.8) is 0 Å². The van der Waals surface area contributed by atoms with Gasteiger partial charge in [0.25, 0.3) is 0 Å². The molecular formula is C16H11ClN2OS2. The van der Waals surface area contributed by atoms with E-state index in [1.165, 1.54) is 17.1 Å². The summed E-state index contributed by atoms with van der Waals surface area (Å²) in [6.07, 6.45) is 0.478. The molecule has 1 aliphatic rings. The molecule has 2 aromatic heterocycles. The second-order valence-electron chi connectivity index (χ2n) is 5.14. The summed E-state index contributed by atoms with van der Waals surface area (Å²) < 4.78 is 4.58. The predicted molar refractivity (Wildman–Crippen MR) is 92.0 cm³/mol. The highest BCUT2D eigenvalue weighted by Crippen LogP contribution is 2.45. The fourth-order valence-electron chi connectivity index (χ4n) is 2.68. The van der Waals surface area contributed by atoms with Crippen LogP contribution in [0.5, 0.6) is 0 Å². The Morgan fingerprint density at radius 1 is 1.23 bits per heavy atom. The van der Waals surface area contributed by atoms with Crippen LogP contribution in [0.25, 0.3) is 11.3 Å². The van der Waals surface area contributed by atoms with Gasteiger partial charge in [-0.15, -0.1) is 0 Å². The number of aromatic nitrogens is 1. The molecule has 22 heavy (non-hydrogen) atoms. The number of carbonyl (C=O) groups is 1. The number of nitrogens with one attached hydrogen (secondary N) is 1. The molecule has 1 N–H and O–H groups in total. The molecule has 0 fully saturated rings. The fourth-order valence-corrected chi connectivity index (χ4v) is 4.49. The molecule has 1 amide bonds. The first-order valence-corrected chi connectivity index (χ1v) is 8.89. The van der Waals surface area contributed by atoms with Crippen molar-refractivity contribution in [1.82, 2.24) is 4.37 Å². The van der Waals surface area contributed by atoms with Gasteiger partial charge in [0.15, 0.2) is 0 Å². The molecule has 1 atom stereocenters. The highest BCUT2D eigenvalue weighted by molar-refractivity contribution is 7.08. The largest absolute Gasteiger partial charge is 0.323 e. The maximum Gasteiger partial charge on any atom is 0.225 e. The van der Waals surface area contributed by atoms with Gasteiger partial charge in [0.2, 0.25) is 5.91 Å². The number of hydrogen-bond donors (Lipinski definition) is 1. The lowest BCUT2D eigenvalue weighted by Gasteiger charge is -2.21. The summed E-state index contributed by atoms with van der Waals surface area (Å²) in [6.45, 7) is 0. The van der Waals surface area contributed by atoms with E-state index in [-0.39, 0.29) is 11.8 Å². The van der Waals surface area contributed by atoms with E-state index >= 15 is 0 Å². The van der Waals surface area contributed by atoms with Crippen molar-refractivity contribution in [2.24, 2.45) is 0 Å².